The normalized spacial score (nSPS) is 11.4. The molecule has 0 radical (unpaired) electrons. The minimum absolute atomic E-state index is 0.107. The summed E-state index contributed by atoms with van der Waals surface area (Å²) >= 11 is 1.32. The molecular weight excluding hydrogens is 604 g/mol. The number of hydrogen-bond donors (Lipinski definition) is 1. The highest BCUT2D eigenvalue weighted by atomic mass is 32.1. The molecule has 0 spiro atoms. The molecule has 0 bridgehead atoms. The number of hydrogen-bond acceptors (Lipinski definition) is 5. The summed E-state index contributed by atoms with van der Waals surface area (Å²) in [6.45, 7) is 9.62. The van der Waals surface area contributed by atoms with E-state index in [-0.39, 0.29) is 35.1 Å². The van der Waals surface area contributed by atoms with Gasteiger partial charge in [-0.2, -0.15) is 0 Å². The van der Waals surface area contributed by atoms with Crippen LogP contribution in [0, 0.1) is 17.6 Å². The van der Waals surface area contributed by atoms with Gasteiger partial charge in [0, 0.05) is 41.3 Å². The van der Waals surface area contributed by atoms with Crippen molar-refractivity contribution in [1.82, 2.24) is 9.47 Å². The van der Waals surface area contributed by atoms with Gasteiger partial charge < -0.3 is 9.88 Å². The van der Waals surface area contributed by atoms with E-state index in [0.717, 1.165) is 16.0 Å². The quantitative estimate of drug-likeness (QED) is 0.117. The van der Waals surface area contributed by atoms with Crippen molar-refractivity contribution in [2.45, 2.75) is 40.4 Å². The molecule has 6 nitrogen and oxygen atoms in total. The van der Waals surface area contributed by atoms with Crippen LogP contribution < -0.4 is 10.7 Å². The van der Waals surface area contributed by atoms with Crippen molar-refractivity contribution in [2.75, 3.05) is 12.4 Å². The number of rotatable bonds is 11. The minimum atomic E-state index is -0.724. The molecule has 0 unspecified atom stereocenters. The molecular formula is C37H35F2N3O3S. The number of aromatic nitrogens is 1. The molecule has 5 aromatic rings. The molecule has 0 fully saturated rings. The van der Waals surface area contributed by atoms with Crippen LogP contribution in [0.3, 0.4) is 0 Å². The zero-order valence-corrected chi connectivity index (χ0v) is 27.0. The van der Waals surface area contributed by atoms with E-state index in [1.54, 1.807) is 16.7 Å². The van der Waals surface area contributed by atoms with E-state index in [1.165, 1.54) is 42.7 Å². The van der Waals surface area contributed by atoms with Gasteiger partial charge >= 0.3 is 0 Å². The van der Waals surface area contributed by atoms with E-state index in [2.05, 4.69) is 16.8 Å². The molecule has 9 heteroatoms. The second-order valence-electron chi connectivity index (χ2n) is 11.8. The molecule has 0 aliphatic rings. The Morgan fingerprint density at radius 3 is 2.20 bits per heavy atom. The molecule has 0 aliphatic heterocycles. The van der Waals surface area contributed by atoms with Gasteiger partial charge in [-0.05, 0) is 60.5 Å². The highest BCUT2D eigenvalue weighted by Gasteiger charge is 2.25. The lowest BCUT2D eigenvalue weighted by Gasteiger charge is -2.18. The van der Waals surface area contributed by atoms with Crippen LogP contribution in [0.2, 0.25) is 0 Å². The predicted octanol–water partition coefficient (Wildman–Crippen LogP) is 8.04. The summed E-state index contributed by atoms with van der Waals surface area (Å²) in [4.78, 5) is 43.1. The van der Waals surface area contributed by atoms with Crippen LogP contribution >= 0.6 is 11.3 Å². The standard InChI is InChI=1S/C37H35F2N3O3S/c1-22(2)33(43)29-21-42(20-27-30(38)12-9-13-31(27)39)37-32(34(29)44)28(19-41(5)18-24-10-7-6-8-11-24)35(46-37)25-14-16-26(17-15-25)40-36(45)23(3)4/h6-17,21,23H,1,18-20H2,2-5H3,(H,40,45). The van der Waals surface area contributed by atoms with Crippen molar-refractivity contribution in [3.8, 4) is 10.4 Å². The number of carbonyl (C=O) groups is 2. The number of Topliss-reactive ketones (excluding diaryl/α,β-unsaturated/α-hetero) is 1. The second kappa shape index (κ2) is 13.7. The number of benzene rings is 3. The molecule has 1 amide bonds. The van der Waals surface area contributed by atoms with Gasteiger partial charge in [-0.1, -0.05) is 69.0 Å². The van der Waals surface area contributed by atoms with Gasteiger partial charge in [0.1, 0.15) is 16.5 Å². The summed E-state index contributed by atoms with van der Waals surface area (Å²) in [6.07, 6.45) is 1.38. The Morgan fingerprint density at radius 2 is 1.59 bits per heavy atom. The Kier molecular flexibility index (Phi) is 9.74. The average molecular weight is 640 g/mol. The van der Waals surface area contributed by atoms with E-state index in [4.69, 9.17) is 0 Å². The van der Waals surface area contributed by atoms with Gasteiger partial charge in [0.2, 0.25) is 11.3 Å². The maximum atomic E-state index is 14.9. The van der Waals surface area contributed by atoms with E-state index in [9.17, 15) is 23.2 Å². The number of pyridine rings is 1. The largest absolute Gasteiger partial charge is 0.334 e. The van der Waals surface area contributed by atoms with Crippen molar-refractivity contribution in [1.29, 1.82) is 0 Å². The Bertz CT molecular complexity index is 1980. The van der Waals surface area contributed by atoms with Crippen LogP contribution in [-0.2, 0) is 24.4 Å². The fourth-order valence-electron chi connectivity index (χ4n) is 5.26. The Balaban J connectivity index is 1.72. The zero-order valence-electron chi connectivity index (χ0n) is 26.2. The third kappa shape index (κ3) is 6.90. The van der Waals surface area contributed by atoms with Crippen molar-refractivity contribution in [3.63, 3.8) is 0 Å². The molecule has 46 heavy (non-hydrogen) atoms. The van der Waals surface area contributed by atoms with Gasteiger partial charge in [0.25, 0.3) is 0 Å². The number of allylic oxidation sites excluding steroid dienone is 1. The summed E-state index contributed by atoms with van der Waals surface area (Å²) in [6, 6.07) is 20.9. The summed E-state index contributed by atoms with van der Waals surface area (Å²) in [7, 11) is 1.95. The molecule has 2 aromatic heterocycles. The smallest absolute Gasteiger partial charge is 0.226 e. The monoisotopic (exact) mass is 639 g/mol. The highest BCUT2D eigenvalue weighted by Crippen LogP contribution is 2.39. The van der Waals surface area contributed by atoms with Crippen molar-refractivity contribution >= 4 is 38.9 Å². The summed E-state index contributed by atoms with van der Waals surface area (Å²) < 4.78 is 31.3. The summed E-state index contributed by atoms with van der Waals surface area (Å²) in [5, 5.41) is 3.21. The van der Waals surface area contributed by atoms with Crippen molar-refractivity contribution in [3.05, 3.63) is 135 Å². The van der Waals surface area contributed by atoms with E-state index >= 15 is 0 Å². The van der Waals surface area contributed by atoms with Crippen LogP contribution in [0.1, 0.15) is 47.8 Å². The van der Waals surface area contributed by atoms with Crippen LogP contribution in [-0.4, -0.2) is 28.2 Å². The van der Waals surface area contributed by atoms with E-state index in [1.807, 2.05) is 63.4 Å². The SMILES string of the molecule is C=C(C)C(=O)c1cn(Cc2c(F)cccc2F)c2sc(-c3ccc(NC(=O)C(C)C)cc3)c(CN(C)Cc3ccccc3)c2c1=O. The van der Waals surface area contributed by atoms with Gasteiger partial charge in [0.15, 0.2) is 5.78 Å². The number of anilines is 1. The molecule has 0 saturated heterocycles. The number of amides is 1. The lowest BCUT2D eigenvalue weighted by atomic mass is 10.0. The topological polar surface area (TPSA) is 71.4 Å². The van der Waals surface area contributed by atoms with Crippen LogP contribution in [0.25, 0.3) is 20.7 Å². The number of nitrogens with one attached hydrogen (secondary N) is 1. The lowest BCUT2D eigenvalue weighted by Crippen LogP contribution is -2.22. The van der Waals surface area contributed by atoms with Gasteiger partial charge in [-0.15, -0.1) is 11.3 Å². The molecule has 1 N–H and O–H groups in total. The highest BCUT2D eigenvalue weighted by molar-refractivity contribution is 7.22. The third-order valence-electron chi connectivity index (χ3n) is 7.69. The first-order chi connectivity index (χ1) is 21.9. The molecule has 0 aliphatic carbocycles. The minimum Gasteiger partial charge on any atom is -0.334 e. The Hall–Kier alpha value is -4.73. The van der Waals surface area contributed by atoms with Gasteiger partial charge in [-0.3, -0.25) is 19.3 Å². The molecule has 0 saturated carbocycles. The van der Waals surface area contributed by atoms with Crippen LogP contribution in [0.15, 0.2) is 95.9 Å². The number of fused-ring (bicyclic) bond motifs is 1. The van der Waals surface area contributed by atoms with Gasteiger partial charge in [-0.25, -0.2) is 8.78 Å². The summed E-state index contributed by atoms with van der Waals surface area (Å²) in [5.41, 5.74) is 2.64. The van der Waals surface area contributed by atoms with E-state index in [0.29, 0.717) is 34.6 Å². The summed E-state index contributed by atoms with van der Waals surface area (Å²) in [5.74, 6) is -2.27. The number of ketones is 1. The number of nitrogens with zero attached hydrogens (tertiary/aromatic N) is 2. The average Bonchev–Trinajstić information content (AvgIpc) is 3.40. The first kappa shape index (κ1) is 32.7. The lowest BCUT2D eigenvalue weighted by molar-refractivity contribution is -0.118. The first-order valence-electron chi connectivity index (χ1n) is 14.9. The van der Waals surface area contributed by atoms with Crippen molar-refractivity contribution < 1.29 is 18.4 Å². The van der Waals surface area contributed by atoms with Crippen LogP contribution in [0.4, 0.5) is 14.5 Å². The number of thiophene rings is 1. The van der Waals surface area contributed by atoms with E-state index < -0.39 is 22.8 Å². The number of carbonyl (C=O) groups excluding carboxylic acids is 2. The fraction of sp³-hybridized carbons (Fsp3) is 0.216. The second-order valence-corrected chi connectivity index (χ2v) is 12.8. The Labute approximate surface area is 270 Å². The Morgan fingerprint density at radius 1 is 0.935 bits per heavy atom. The molecule has 0 atom stereocenters. The van der Waals surface area contributed by atoms with Gasteiger partial charge in [0.05, 0.1) is 17.5 Å². The maximum Gasteiger partial charge on any atom is 0.226 e. The third-order valence-corrected chi connectivity index (χ3v) is 9.01. The molecule has 3 aromatic carbocycles. The number of halogens is 2. The molecule has 236 valence electrons. The zero-order chi connectivity index (χ0) is 33.1. The fourth-order valence-corrected chi connectivity index (χ4v) is 6.54. The first-order valence-corrected chi connectivity index (χ1v) is 15.7. The van der Waals surface area contributed by atoms with Crippen LogP contribution in [0.5, 0.6) is 0 Å². The maximum absolute atomic E-state index is 14.9. The molecule has 2 heterocycles. The predicted molar refractivity (Wildman–Crippen MR) is 181 cm³/mol. The molecule has 5 rings (SSSR count). The van der Waals surface area contributed by atoms with Crippen molar-refractivity contribution in [2.24, 2.45) is 5.92 Å².